The van der Waals surface area contributed by atoms with Crippen molar-refractivity contribution in [2.45, 2.75) is 31.3 Å². The Hall–Kier alpha value is -1.53. The maximum atomic E-state index is 12.7. The van der Waals surface area contributed by atoms with Crippen LogP contribution in [0, 0.1) is 5.92 Å². The van der Waals surface area contributed by atoms with Crippen LogP contribution >= 0.6 is 11.8 Å². The summed E-state index contributed by atoms with van der Waals surface area (Å²) in [5, 5.41) is 9.11. The molecule has 0 bridgehead atoms. The largest absolute Gasteiger partial charge is 0.480 e. The van der Waals surface area contributed by atoms with Crippen molar-refractivity contribution in [3.63, 3.8) is 0 Å². The summed E-state index contributed by atoms with van der Waals surface area (Å²) < 4.78 is 0. The van der Waals surface area contributed by atoms with E-state index in [1.165, 1.54) is 16.7 Å². The standard InChI is InChI=1S/C15H20N2O3S/c1-9(13(16)11-6-4-3-5-7-11)14(18)17-10(2)21-8-12(17)15(19)20/h3-7,9-10,12-13H,8,16H2,1-2H3,(H,19,20). The van der Waals surface area contributed by atoms with Crippen LogP contribution in [-0.4, -0.2) is 39.1 Å². The number of nitrogens with two attached hydrogens (primary N) is 1. The van der Waals surface area contributed by atoms with Crippen molar-refractivity contribution in [1.82, 2.24) is 4.90 Å². The van der Waals surface area contributed by atoms with E-state index in [4.69, 9.17) is 5.73 Å². The molecule has 5 nitrogen and oxygen atoms in total. The van der Waals surface area contributed by atoms with Gasteiger partial charge in [0.1, 0.15) is 6.04 Å². The Labute approximate surface area is 128 Å². The zero-order valence-electron chi connectivity index (χ0n) is 12.1. The van der Waals surface area contributed by atoms with Crippen molar-refractivity contribution in [2.75, 3.05) is 5.75 Å². The molecule has 114 valence electrons. The molecule has 3 N–H and O–H groups in total. The van der Waals surface area contributed by atoms with E-state index in [1.807, 2.05) is 37.3 Å². The van der Waals surface area contributed by atoms with Crippen molar-refractivity contribution in [2.24, 2.45) is 11.7 Å². The number of hydrogen-bond acceptors (Lipinski definition) is 4. The maximum Gasteiger partial charge on any atom is 0.327 e. The first-order valence-corrected chi connectivity index (χ1v) is 7.95. The molecular weight excluding hydrogens is 288 g/mol. The van der Waals surface area contributed by atoms with E-state index in [-0.39, 0.29) is 11.3 Å². The lowest BCUT2D eigenvalue weighted by Gasteiger charge is -2.30. The van der Waals surface area contributed by atoms with Crippen LogP contribution in [0.2, 0.25) is 0 Å². The number of carboxylic acids is 1. The van der Waals surface area contributed by atoms with Crippen LogP contribution in [0.25, 0.3) is 0 Å². The lowest BCUT2D eigenvalue weighted by atomic mass is 9.93. The van der Waals surface area contributed by atoms with Crippen molar-refractivity contribution in [1.29, 1.82) is 0 Å². The molecule has 4 atom stereocenters. The fraction of sp³-hybridized carbons (Fsp3) is 0.467. The van der Waals surface area contributed by atoms with E-state index in [1.54, 1.807) is 6.92 Å². The van der Waals surface area contributed by atoms with Gasteiger partial charge in [-0.15, -0.1) is 11.8 Å². The van der Waals surface area contributed by atoms with Crippen molar-refractivity contribution in [3.8, 4) is 0 Å². The van der Waals surface area contributed by atoms with Gasteiger partial charge in [-0.3, -0.25) is 4.79 Å². The summed E-state index contributed by atoms with van der Waals surface area (Å²) in [5.74, 6) is -1.19. The zero-order valence-corrected chi connectivity index (χ0v) is 12.9. The van der Waals surface area contributed by atoms with E-state index in [2.05, 4.69) is 0 Å². The first-order chi connectivity index (χ1) is 9.93. The average molecular weight is 308 g/mol. The highest BCUT2D eigenvalue weighted by Crippen LogP contribution is 2.32. The first kappa shape index (κ1) is 15.9. The predicted molar refractivity (Wildman–Crippen MR) is 82.7 cm³/mol. The third kappa shape index (κ3) is 3.22. The van der Waals surface area contributed by atoms with Gasteiger partial charge in [0.2, 0.25) is 5.91 Å². The molecular formula is C15H20N2O3S. The van der Waals surface area contributed by atoms with Gasteiger partial charge in [0.05, 0.1) is 11.3 Å². The molecule has 0 aromatic heterocycles. The maximum absolute atomic E-state index is 12.7. The number of carboxylic acid groups (broad SMARTS) is 1. The van der Waals surface area contributed by atoms with Crippen LogP contribution < -0.4 is 5.73 Å². The molecule has 1 amide bonds. The molecule has 1 aromatic rings. The number of rotatable bonds is 4. The SMILES string of the molecule is CC(C(=O)N1C(C)SCC1C(=O)O)C(N)c1ccccc1. The summed E-state index contributed by atoms with van der Waals surface area (Å²) in [6.07, 6.45) is 0. The second kappa shape index (κ2) is 6.49. The predicted octanol–water partition coefficient (Wildman–Crippen LogP) is 1.70. The Morgan fingerprint density at radius 2 is 2.00 bits per heavy atom. The van der Waals surface area contributed by atoms with Crippen molar-refractivity contribution >= 4 is 23.6 Å². The number of carbonyl (C=O) groups excluding carboxylic acids is 1. The van der Waals surface area contributed by atoms with Gasteiger partial charge < -0.3 is 15.7 Å². The van der Waals surface area contributed by atoms with Gasteiger partial charge in [0.25, 0.3) is 0 Å². The van der Waals surface area contributed by atoms with E-state index in [0.29, 0.717) is 5.75 Å². The average Bonchev–Trinajstić information content (AvgIpc) is 2.87. The van der Waals surface area contributed by atoms with Crippen LogP contribution in [0.3, 0.4) is 0 Å². The first-order valence-electron chi connectivity index (χ1n) is 6.90. The van der Waals surface area contributed by atoms with Gasteiger partial charge in [0, 0.05) is 11.8 Å². The van der Waals surface area contributed by atoms with Gasteiger partial charge in [-0.25, -0.2) is 4.79 Å². The molecule has 1 saturated heterocycles. The molecule has 0 aliphatic carbocycles. The smallest absolute Gasteiger partial charge is 0.327 e. The minimum atomic E-state index is -0.958. The summed E-state index contributed by atoms with van der Waals surface area (Å²) in [7, 11) is 0. The minimum absolute atomic E-state index is 0.135. The highest BCUT2D eigenvalue weighted by atomic mass is 32.2. The van der Waals surface area contributed by atoms with Gasteiger partial charge in [-0.2, -0.15) is 0 Å². The van der Waals surface area contributed by atoms with E-state index in [0.717, 1.165) is 5.56 Å². The molecule has 1 aliphatic heterocycles. The van der Waals surface area contributed by atoms with Crippen LogP contribution in [0.1, 0.15) is 25.5 Å². The summed E-state index contributed by atoms with van der Waals surface area (Å²) in [6.45, 7) is 3.61. The fourth-order valence-electron chi connectivity index (χ4n) is 2.52. The Kier molecular flexibility index (Phi) is 4.90. The monoisotopic (exact) mass is 308 g/mol. The Morgan fingerprint density at radius 1 is 1.38 bits per heavy atom. The molecule has 4 unspecified atom stereocenters. The third-order valence-electron chi connectivity index (χ3n) is 3.88. The second-order valence-corrected chi connectivity index (χ2v) is 6.61. The molecule has 0 spiro atoms. The normalized spacial score (nSPS) is 24.6. The van der Waals surface area contributed by atoms with Crippen LogP contribution in [-0.2, 0) is 9.59 Å². The number of amides is 1. The Bertz CT molecular complexity index is 523. The second-order valence-electron chi connectivity index (χ2n) is 5.26. The topological polar surface area (TPSA) is 83.6 Å². The Morgan fingerprint density at radius 3 is 2.57 bits per heavy atom. The summed E-state index contributed by atoms with van der Waals surface area (Å²) in [4.78, 5) is 25.4. The lowest BCUT2D eigenvalue weighted by Crippen LogP contribution is -2.48. The van der Waals surface area contributed by atoms with Gasteiger partial charge in [-0.05, 0) is 12.5 Å². The number of aliphatic carboxylic acids is 1. The highest BCUT2D eigenvalue weighted by molar-refractivity contribution is 8.00. The van der Waals surface area contributed by atoms with Crippen LogP contribution in [0.15, 0.2) is 30.3 Å². The molecule has 1 heterocycles. The van der Waals surface area contributed by atoms with E-state index in [9.17, 15) is 14.7 Å². The molecule has 21 heavy (non-hydrogen) atoms. The van der Waals surface area contributed by atoms with E-state index >= 15 is 0 Å². The van der Waals surface area contributed by atoms with Crippen LogP contribution in [0.5, 0.6) is 0 Å². The number of benzene rings is 1. The van der Waals surface area contributed by atoms with Crippen molar-refractivity contribution in [3.05, 3.63) is 35.9 Å². The molecule has 1 fully saturated rings. The lowest BCUT2D eigenvalue weighted by molar-refractivity contribution is -0.150. The summed E-state index contributed by atoms with van der Waals surface area (Å²) >= 11 is 1.48. The van der Waals surface area contributed by atoms with Crippen molar-refractivity contribution < 1.29 is 14.7 Å². The zero-order chi connectivity index (χ0) is 15.6. The number of thioether (sulfide) groups is 1. The Balaban J connectivity index is 2.16. The third-order valence-corrected chi connectivity index (χ3v) is 5.09. The van der Waals surface area contributed by atoms with Crippen LogP contribution in [0.4, 0.5) is 0 Å². The minimum Gasteiger partial charge on any atom is -0.480 e. The van der Waals surface area contributed by atoms with Gasteiger partial charge in [-0.1, -0.05) is 37.3 Å². The number of nitrogens with zero attached hydrogens (tertiary/aromatic N) is 1. The molecule has 0 saturated carbocycles. The summed E-state index contributed by atoms with van der Waals surface area (Å²) in [6, 6.07) is 8.20. The highest BCUT2D eigenvalue weighted by Gasteiger charge is 2.41. The molecule has 6 heteroatoms. The molecule has 2 rings (SSSR count). The fourth-order valence-corrected chi connectivity index (χ4v) is 3.70. The number of carbonyl (C=O) groups is 2. The summed E-state index contributed by atoms with van der Waals surface area (Å²) in [5.41, 5.74) is 7.05. The number of hydrogen-bond donors (Lipinski definition) is 2. The van der Waals surface area contributed by atoms with Gasteiger partial charge >= 0.3 is 5.97 Å². The quantitative estimate of drug-likeness (QED) is 0.884. The molecule has 1 aliphatic rings. The molecule has 0 radical (unpaired) electrons. The molecule has 1 aromatic carbocycles. The van der Waals surface area contributed by atoms with Gasteiger partial charge in [0.15, 0.2) is 0 Å². The van der Waals surface area contributed by atoms with E-state index < -0.39 is 24.0 Å².